The zero-order valence-electron chi connectivity index (χ0n) is 15.4. The third kappa shape index (κ3) is 5.16. The van der Waals surface area contributed by atoms with Crippen LogP contribution >= 0.6 is 0 Å². The van der Waals surface area contributed by atoms with Gasteiger partial charge in [0.2, 0.25) is 5.91 Å². The molecule has 1 aliphatic heterocycles. The lowest BCUT2D eigenvalue weighted by atomic mass is 10.1. The molecule has 1 unspecified atom stereocenters. The molecule has 0 aliphatic carbocycles. The van der Waals surface area contributed by atoms with Crippen molar-refractivity contribution in [1.82, 2.24) is 15.5 Å². The Morgan fingerprint density at radius 1 is 1.04 bits per heavy atom. The Kier molecular flexibility index (Phi) is 6.37. The Hall–Kier alpha value is -3.22. The number of carbonyl (C=O) groups excluding carboxylic acids is 3. The first-order valence-corrected chi connectivity index (χ1v) is 9.20. The van der Waals surface area contributed by atoms with Gasteiger partial charge in [-0.15, -0.1) is 0 Å². The highest BCUT2D eigenvalue weighted by Crippen LogP contribution is 2.13. The number of rotatable bonds is 8. The zero-order chi connectivity index (χ0) is 19.9. The van der Waals surface area contributed by atoms with Gasteiger partial charge in [0.25, 0.3) is 5.91 Å². The van der Waals surface area contributed by atoms with Gasteiger partial charge in [0.1, 0.15) is 11.9 Å². The lowest BCUT2D eigenvalue weighted by Gasteiger charge is -2.13. The molecular weight excluding hydrogens is 361 g/mol. The lowest BCUT2D eigenvalue weighted by molar-refractivity contribution is -0.127. The molecule has 3 rings (SSSR count). The van der Waals surface area contributed by atoms with Crippen molar-refractivity contribution in [2.75, 3.05) is 6.54 Å². The number of hydrogen-bond donors (Lipinski definition) is 2. The molecule has 0 spiro atoms. The SMILES string of the molecule is O=C(CCC1NC(=O)N(CCc2ccccc2)C1=O)NCc1ccc(F)cc1. The van der Waals surface area contributed by atoms with Crippen molar-refractivity contribution in [3.63, 3.8) is 0 Å². The highest BCUT2D eigenvalue weighted by molar-refractivity contribution is 6.04. The summed E-state index contributed by atoms with van der Waals surface area (Å²) in [4.78, 5) is 37.7. The third-order valence-electron chi connectivity index (χ3n) is 4.64. The van der Waals surface area contributed by atoms with E-state index in [1.807, 2.05) is 30.3 Å². The normalized spacial score (nSPS) is 16.2. The summed E-state index contributed by atoms with van der Waals surface area (Å²) in [7, 11) is 0. The second-order valence-electron chi connectivity index (χ2n) is 6.67. The molecule has 1 heterocycles. The van der Waals surface area contributed by atoms with Gasteiger partial charge < -0.3 is 10.6 Å². The topological polar surface area (TPSA) is 78.5 Å². The molecular formula is C21H22FN3O3. The number of halogens is 1. The van der Waals surface area contributed by atoms with E-state index in [1.54, 1.807) is 12.1 Å². The number of nitrogens with one attached hydrogen (secondary N) is 2. The van der Waals surface area contributed by atoms with Crippen LogP contribution in [0, 0.1) is 5.82 Å². The van der Waals surface area contributed by atoms with Crippen LogP contribution in [0.1, 0.15) is 24.0 Å². The molecule has 146 valence electrons. The summed E-state index contributed by atoms with van der Waals surface area (Å²) in [6, 6.07) is 14.4. The van der Waals surface area contributed by atoms with Crippen LogP contribution in [-0.2, 0) is 22.6 Å². The fourth-order valence-corrected chi connectivity index (χ4v) is 3.04. The van der Waals surface area contributed by atoms with Crippen molar-refractivity contribution in [2.45, 2.75) is 31.8 Å². The van der Waals surface area contributed by atoms with Crippen LogP contribution in [0.25, 0.3) is 0 Å². The van der Waals surface area contributed by atoms with E-state index >= 15 is 0 Å². The molecule has 2 aromatic carbocycles. The maximum Gasteiger partial charge on any atom is 0.324 e. The van der Waals surface area contributed by atoms with Gasteiger partial charge in [0, 0.05) is 19.5 Å². The van der Waals surface area contributed by atoms with E-state index in [2.05, 4.69) is 10.6 Å². The largest absolute Gasteiger partial charge is 0.352 e. The highest BCUT2D eigenvalue weighted by atomic mass is 19.1. The number of imide groups is 1. The second-order valence-corrected chi connectivity index (χ2v) is 6.67. The van der Waals surface area contributed by atoms with Crippen molar-refractivity contribution >= 4 is 17.8 Å². The molecule has 7 heteroatoms. The molecule has 2 aromatic rings. The first-order chi connectivity index (χ1) is 13.5. The zero-order valence-corrected chi connectivity index (χ0v) is 15.4. The maximum atomic E-state index is 12.9. The molecule has 1 aliphatic rings. The number of nitrogens with zero attached hydrogens (tertiary/aromatic N) is 1. The van der Waals surface area contributed by atoms with E-state index in [9.17, 15) is 18.8 Å². The summed E-state index contributed by atoms with van der Waals surface area (Å²) in [6.07, 6.45) is 0.941. The molecule has 0 bridgehead atoms. The van der Waals surface area contributed by atoms with Crippen LogP contribution in [0.2, 0.25) is 0 Å². The first-order valence-electron chi connectivity index (χ1n) is 9.20. The van der Waals surface area contributed by atoms with Crippen molar-refractivity contribution < 1.29 is 18.8 Å². The average molecular weight is 383 g/mol. The second kappa shape index (κ2) is 9.12. The van der Waals surface area contributed by atoms with Gasteiger partial charge in [-0.2, -0.15) is 0 Å². The van der Waals surface area contributed by atoms with E-state index in [0.29, 0.717) is 13.0 Å². The molecule has 1 fully saturated rings. The number of amides is 4. The van der Waals surface area contributed by atoms with E-state index in [0.717, 1.165) is 11.1 Å². The minimum Gasteiger partial charge on any atom is -0.352 e. The predicted octanol–water partition coefficient (Wildman–Crippen LogP) is 2.39. The lowest BCUT2D eigenvalue weighted by Crippen LogP contribution is -2.33. The summed E-state index contributed by atoms with van der Waals surface area (Å²) in [5.41, 5.74) is 1.83. The summed E-state index contributed by atoms with van der Waals surface area (Å²) < 4.78 is 12.9. The quantitative estimate of drug-likeness (QED) is 0.687. The summed E-state index contributed by atoms with van der Waals surface area (Å²) in [6.45, 7) is 0.592. The standard InChI is InChI=1S/C21H22FN3O3/c22-17-8-6-16(7-9-17)14-23-19(26)11-10-18-20(27)25(21(28)24-18)13-12-15-4-2-1-3-5-15/h1-9,18H,10-14H2,(H,23,26)(H,24,28). The Labute approximate surface area is 162 Å². The summed E-state index contributed by atoms with van der Waals surface area (Å²) in [5.74, 6) is -0.858. The van der Waals surface area contributed by atoms with Crippen molar-refractivity contribution in [1.29, 1.82) is 0 Å². The summed E-state index contributed by atoms with van der Waals surface area (Å²) >= 11 is 0. The highest BCUT2D eigenvalue weighted by Gasteiger charge is 2.37. The molecule has 0 radical (unpaired) electrons. The Morgan fingerprint density at radius 2 is 1.75 bits per heavy atom. The molecule has 1 saturated heterocycles. The molecule has 2 N–H and O–H groups in total. The predicted molar refractivity (Wildman–Crippen MR) is 102 cm³/mol. The first kappa shape index (κ1) is 19.5. The van der Waals surface area contributed by atoms with Gasteiger partial charge >= 0.3 is 6.03 Å². The van der Waals surface area contributed by atoms with Crippen LogP contribution < -0.4 is 10.6 Å². The van der Waals surface area contributed by atoms with Crippen LogP contribution in [-0.4, -0.2) is 35.3 Å². The number of urea groups is 1. The van der Waals surface area contributed by atoms with Gasteiger partial charge in [-0.3, -0.25) is 14.5 Å². The average Bonchev–Trinajstić information content (AvgIpc) is 2.98. The van der Waals surface area contributed by atoms with Crippen molar-refractivity contribution in [3.05, 3.63) is 71.5 Å². The fraction of sp³-hybridized carbons (Fsp3) is 0.286. The van der Waals surface area contributed by atoms with E-state index in [1.165, 1.54) is 17.0 Å². The number of carbonyl (C=O) groups is 3. The van der Waals surface area contributed by atoms with Gasteiger partial charge in [-0.1, -0.05) is 42.5 Å². The molecule has 4 amide bonds. The fourth-order valence-electron chi connectivity index (χ4n) is 3.04. The maximum absolute atomic E-state index is 12.9. The Balaban J connectivity index is 1.43. The van der Waals surface area contributed by atoms with Crippen molar-refractivity contribution in [3.8, 4) is 0 Å². The molecule has 28 heavy (non-hydrogen) atoms. The Morgan fingerprint density at radius 3 is 2.46 bits per heavy atom. The molecule has 0 saturated carbocycles. The molecule has 1 atom stereocenters. The van der Waals surface area contributed by atoms with Crippen molar-refractivity contribution in [2.24, 2.45) is 0 Å². The third-order valence-corrected chi connectivity index (χ3v) is 4.64. The molecule has 0 aromatic heterocycles. The number of hydrogen-bond acceptors (Lipinski definition) is 3. The van der Waals surface area contributed by atoms with Gasteiger partial charge in [-0.25, -0.2) is 9.18 Å². The van der Waals surface area contributed by atoms with Crippen LogP contribution in [0.4, 0.5) is 9.18 Å². The minimum atomic E-state index is -0.681. The minimum absolute atomic E-state index is 0.115. The van der Waals surface area contributed by atoms with Gasteiger partial charge in [0.15, 0.2) is 0 Å². The smallest absolute Gasteiger partial charge is 0.324 e. The molecule has 6 nitrogen and oxygen atoms in total. The van der Waals surface area contributed by atoms with Crippen LogP contribution in [0.15, 0.2) is 54.6 Å². The van der Waals surface area contributed by atoms with Crippen LogP contribution in [0.5, 0.6) is 0 Å². The Bertz CT molecular complexity index is 840. The van der Waals surface area contributed by atoms with Gasteiger partial charge in [0.05, 0.1) is 0 Å². The monoisotopic (exact) mass is 383 g/mol. The summed E-state index contributed by atoms with van der Waals surface area (Å²) in [5, 5.41) is 5.37. The van der Waals surface area contributed by atoms with Gasteiger partial charge in [-0.05, 0) is 36.1 Å². The van der Waals surface area contributed by atoms with Crippen LogP contribution in [0.3, 0.4) is 0 Å². The van der Waals surface area contributed by atoms with E-state index in [-0.39, 0.29) is 37.0 Å². The van der Waals surface area contributed by atoms with E-state index in [4.69, 9.17) is 0 Å². The van der Waals surface area contributed by atoms with E-state index < -0.39 is 12.1 Å². The number of benzene rings is 2.